The molecule has 22 heteroatoms. The van der Waals surface area contributed by atoms with E-state index in [0.29, 0.717) is 95.7 Å². The van der Waals surface area contributed by atoms with E-state index in [1.807, 2.05) is 0 Å². The molecule has 1 aromatic heterocycles. The molecule has 10 saturated heterocycles. The van der Waals surface area contributed by atoms with E-state index in [4.69, 9.17) is 56.8 Å². The van der Waals surface area contributed by atoms with Crippen LogP contribution in [0, 0.1) is 35.5 Å². The molecule has 10 aliphatic heterocycles. The molecule has 17 unspecified atom stereocenters. The molecule has 14 aliphatic rings. The molecular weight excluding hydrogens is 1110 g/mol. The zero-order valence-electron chi connectivity index (χ0n) is 49.3. The van der Waals surface area contributed by atoms with E-state index in [0.717, 1.165) is 103 Å². The summed E-state index contributed by atoms with van der Waals surface area (Å²) < 4.78 is 66.3. The number of benzene rings is 2. The molecule has 2 aromatic carbocycles. The number of nitrogens with zero attached hydrogens (tertiary/aromatic N) is 5. The first-order valence-corrected chi connectivity index (χ1v) is 32.2. The van der Waals surface area contributed by atoms with Crippen molar-refractivity contribution < 1.29 is 66.4 Å². The Kier molecular flexibility index (Phi) is 17.9. The quantitative estimate of drug-likeness (QED) is 0.0869. The van der Waals surface area contributed by atoms with Gasteiger partial charge in [0.2, 0.25) is 0 Å². The molecule has 11 heterocycles. The topological polar surface area (TPSA) is 250 Å². The summed E-state index contributed by atoms with van der Waals surface area (Å²) in [6, 6.07) is 17.9. The van der Waals surface area contributed by atoms with E-state index in [2.05, 4.69) is 58.3 Å². The second-order valence-corrected chi connectivity index (χ2v) is 26.5. The fourth-order valence-electron chi connectivity index (χ4n) is 13.2. The lowest BCUT2D eigenvalue weighted by Gasteiger charge is -2.31. The highest BCUT2D eigenvalue weighted by molar-refractivity contribution is 5.82. The summed E-state index contributed by atoms with van der Waals surface area (Å²) in [5.74, 6) is 3.15. The molecule has 3 aromatic rings. The third kappa shape index (κ3) is 16.8. The van der Waals surface area contributed by atoms with Crippen molar-refractivity contribution in [3.63, 3.8) is 0 Å². The maximum atomic E-state index is 12.4. The van der Waals surface area contributed by atoms with Crippen molar-refractivity contribution in [3.05, 3.63) is 91.1 Å². The number of esters is 2. The van der Waals surface area contributed by atoms with Crippen LogP contribution in [-0.4, -0.2) is 192 Å². The minimum atomic E-state index is -0.594. The van der Waals surface area contributed by atoms with Gasteiger partial charge >= 0.3 is 29.0 Å². The molecule has 14 fully saturated rings. The predicted molar refractivity (Wildman–Crippen MR) is 309 cm³/mol. The van der Waals surface area contributed by atoms with Gasteiger partial charge in [0, 0.05) is 37.6 Å². The van der Waals surface area contributed by atoms with E-state index >= 15 is 0 Å². The molecule has 17 atom stereocenters. The van der Waals surface area contributed by atoms with Crippen molar-refractivity contribution in [1.29, 1.82) is 0 Å². The molecule has 22 nitrogen and oxygen atoms in total. The lowest BCUT2D eigenvalue weighted by molar-refractivity contribution is -0.163. The summed E-state index contributed by atoms with van der Waals surface area (Å²) in [6.07, 6.45) is 17.4. The highest BCUT2D eigenvalue weighted by Crippen LogP contribution is 2.55. The summed E-state index contributed by atoms with van der Waals surface area (Å²) >= 11 is 0. The van der Waals surface area contributed by atoms with Gasteiger partial charge in [-0.25, -0.2) is 28.1 Å². The molecule has 4 aliphatic carbocycles. The number of rotatable bonds is 25. The average molecular weight is 1200 g/mol. The highest BCUT2D eigenvalue weighted by Gasteiger charge is 2.49. The number of epoxide rings is 10. The minimum Gasteiger partial charge on any atom is -0.463 e. The van der Waals surface area contributed by atoms with Crippen LogP contribution in [0.25, 0.3) is 0 Å². The van der Waals surface area contributed by atoms with Gasteiger partial charge in [0.25, 0.3) is 0 Å². The van der Waals surface area contributed by atoms with Gasteiger partial charge < -0.3 is 66.6 Å². The number of hydrogen-bond donors (Lipinski definition) is 0. The monoisotopic (exact) mass is 1200 g/mol. The maximum absolute atomic E-state index is 12.4. The molecule has 17 rings (SSSR count). The van der Waals surface area contributed by atoms with Gasteiger partial charge in [0.15, 0.2) is 0 Å². The second-order valence-electron chi connectivity index (χ2n) is 26.5. The lowest BCUT2D eigenvalue weighted by atomic mass is 9.73. The number of aromatic nitrogens is 3. The molecule has 4 saturated carbocycles. The van der Waals surface area contributed by atoms with Gasteiger partial charge in [-0.3, -0.25) is 9.59 Å². The van der Waals surface area contributed by atoms with Crippen molar-refractivity contribution >= 4 is 23.3 Å². The minimum absolute atomic E-state index is 0.0555. The number of fused-ring (bicyclic) bond motifs is 2. The van der Waals surface area contributed by atoms with Crippen LogP contribution in [0.15, 0.2) is 62.9 Å². The van der Waals surface area contributed by atoms with Crippen LogP contribution in [-0.2, 0) is 92.5 Å². The summed E-state index contributed by atoms with van der Waals surface area (Å²) in [6.45, 7) is 11.4. The first-order valence-electron chi connectivity index (χ1n) is 32.2. The largest absolute Gasteiger partial charge is 0.463 e. The van der Waals surface area contributed by atoms with E-state index in [-0.39, 0.29) is 73.9 Å². The van der Waals surface area contributed by atoms with Crippen molar-refractivity contribution in [3.8, 4) is 0 Å². The van der Waals surface area contributed by atoms with E-state index in [1.165, 1.54) is 47.7 Å². The SMILES string of the molecule is C1CC(C2CCC3OC3C2)CC2CC12.O=C(OCC1CO1)C1CCCCC1C(=O)OCC1CO1.O=c1n(CC2CO2)c(=O)n(CC2CO2)c(=O)n1CC1CO1.c1cc(N(CC2CO2)CC2CO2)ccc1Cc1ccc(N(CC2CO2)CC2CO2)cc1. The van der Waals surface area contributed by atoms with Gasteiger partial charge in [-0.15, -0.1) is 0 Å². The summed E-state index contributed by atoms with van der Waals surface area (Å²) in [5.41, 5.74) is 3.39. The van der Waals surface area contributed by atoms with Gasteiger partial charge in [-0.1, -0.05) is 37.1 Å². The fourth-order valence-corrected chi connectivity index (χ4v) is 13.2. The summed E-state index contributed by atoms with van der Waals surface area (Å²) in [4.78, 5) is 66.1. The summed E-state index contributed by atoms with van der Waals surface area (Å²) in [7, 11) is 0. The van der Waals surface area contributed by atoms with Crippen molar-refractivity contribution in [2.45, 2.75) is 164 Å². The first kappa shape index (κ1) is 58.7. The van der Waals surface area contributed by atoms with Crippen molar-refractivity contribution in [2.75, 3.05) is 109 Å². The van der Waals surface area contributed by atoms with Crippen molar-refractivity contribution in [1.82, 2.24) is 13.7 Å². The predicted octanol–water partition coefficient (Wildman–Crippen LogP) is 3.52. The molecule has 468 valence electrons. The maximum Gasteiger partial charge on any atom is 0.336 e. The molecular formula is C64H85N5O17. The highest BCUT2D eigenvalue weighted by atomic mass is 16.6. The Hall–Kier alpha value is -5.01. The van der Waals surface area contributed by atoms with Crippen LogP contribution in [0.1, 0.15) is 81.8 Å². The molecule has 0 amide bonds. The van der Waals surface area contributed by atoms with E-state index < -0.39 is 17.1 Å². The van der Waals surface area contributed by atoms with Crippen LogP contribution in [0.3, 0.4) is 0 Å². The fraction of sp³-hybridized carbons (Fsp3) is 0.734. The Bertz CT molecular complexity index is 2700. The number of carbonyl (C=O) groups excluding carboxylic acids is 2. The Balaban J connectivity index is 0.000000105. The zero-order valence-corrected chi connectivity index (χ0v) is 49.3. The smallest absolute Gasteiger partial charge is 0.336 e. The molecule has 0 N–H and O–H groups in total. The van der Waals surface area contributed by atoms with Gasteiger partial charge in [0.05, 0.1) is 146 Å². The normalized spacial score (nSPS) is 35.1. The number of ether oxygens (including phenoxy) is 12. The standard InChI is InChI=1S/C25H30N2O4.C14H20O6.C13H20O.C12H15N3O6/c1-5-20(26(10-22-14-28-22)11-23-15-29-23)6-2-18(1)9-19-3-7-21(8-4-19)27(12-24-16-30-24)13-25-17-31-25;15-13(19-7-9-5-17-9)11-3-1-2-4-12(11)14(16)20-8-10-6-18-10;1-2-9-6-11(9)5-8(1)10-3-4-12-13(7-10)14-12;16-10-13(1-7-4-19-7)11(17)15(3-9-6-21-9)12(18)14(10)2-8-5-20-8/h1-8,22-25H,9-17H2;9-12H,1-8H2;8-13H,1-7H2;7-9H,1-6H2. The van der Waals surface area contributed by atoms with Gasteiger partial charge in [0.1, 0.15) is 25.4 Å². The lowest BCUT2D eigenvalue weighted by Crippen LogP contribution is -2.55. The Morgan fingerprint density at radius 3 is 1.08 bits per heavy atom. The summed E-state index contributed by atoms with van der Waals surface area (Å²) in [5, 5.41) is 0. The van der Waals surface area contributed by atoms with Crippen LogP contribution in [0.2, 0.25) is 0 Å². The Morgan fingerprint density at radius 1 is 0.407 bits per heavy atom. The van der Waals surface area contributed by atoms with Crippen LogP contribution in [0.5, 0.6) is 0 Å². The average Bonchev–Trinajstić information content (AvgIpc) is 3.76. The third-order valence-corrected chi connectivity index (χ3v) is 19.4. The number of carbonyl (C=O) groups is 2. The van der Waals surface area contributed by atoms with E-state index in [1.54, 1.807) is 25.7 Å². The van der Waals surface area contributed by atoms with Crippen molar-refractivity contribution in [2.24, 2.45) is 35.5 Å². The number of anilines is 2. The molecule has 86 heavy (non-hydrogen) atoms. The van der Waals surface area contributed by atoms with Gasteiger partial charge in [-0.05, 0) is 123 Å². The first-order chi connectivity index (χ1) is 42.0. The van der Waals surface area contributed by atoms with Crippen LogP contribution < -0.4 is 26.9 Å². The molecule has 0 radical (unpaired) electrons. The second kappa shape index (κ2) is 26.2. The van der Waals surface area contributed by atoms with Gasteiger partial charge in [-0.2, -0.15) is 0 Å². The number of hydrogen-bond acceptors (Lipinski definition) is 19. The third-order valence-electron chi connectivity index (χ3n) is 19.4. The van der Waals surface area contributed by atoms with Crippen LogP contribution in [0.4, 0.5) is 11.4 Å². The van der Waals surface area contributed by atoms with E-state index in [9.17, 15) is 24.0 Å². The zero-order chi connectivity index (χ0) is 58.3. The Morgan fingerprint density at radius 2 is 0.744 bits per heavy atom. The van der Waals surface area contributed by atoms with Crippen LogP contribution >= 0.6 is 0 Å². The molecule has 0 spiro atoms. The molecule has 0 bridgehead atoms. The Labute approximate surface area is 500 Å².